The summed E-state index contributed by atoms with van der Waals surface area (Å²) in [5.41, 5.74) is 0.951. The molecule has 19 heavy (non-hydrogen) atoms. The van der Waals surface area contributed by atoms with Crippen molar-refractivity contribution in [3.8, 4) is 0 Å². The van der Waals surface area contributed by atoms with Gasteiger partial charge >= 0.3 is 0 Å². The number of carbonyl (C=O) groups is 1. The van der Waals surface area contributed by atoms with E-state index in [4.69, 9.17) is 0 Å². The van der Waals surface area contributed by atoms with Crippen molar-refractivity contribution >= 4 is 34.7 Å². The molecule has 1 unspecified atom stereocenters. The van der Waals surface area contributed by atoms with Gasteiger partial charge in [0.1, 0.15) is 5.03 Å². The second kappa shape index (κ2) is 5.35. The lowest BCUT2D eigenvalue weighted by atomic mass is 10.1. The molecule has 0 radical (unpaired) electrons. The van der Waals surface area contributed by atoms with Crippen molar-refractivity contribution in [3.63, 3.8) is 0 Å². The molecule has 3 nitrogen and oxygen atoms in total. The molecule has 1 aliphatic heterocycles. The van der Waals surface area contributed by atoms with Gasteiger partial charge in [0.25, 0.3) is 0 Å². The Morgan fingerprint density at radius 2 is 2.32 bits per heavy atom. The summed E-state index contributed by atoms with van der Waals surface area (Å²) in [6.45, 7) is 2.74. The van der Waals surface area contributed by atoms with Crippen LogP contribution in [-0.2, 0) is 4.79 Å². The third kappa shape index (κ3) is 2.40. The first-order chi connectivity index (χ1) is 9.27. The standard InChI is InChI=1S/C14H14N2OS2/c1-10(12-5-3-8-18-12)14(17)16-7-9-19-13-11(16)4-2-6-15-13/h2-6,8,10H,7,9H2,1H3. The van der Waals surface area contributed by atoms with E-state index in [0.29, 0.717) is 0 Å². The third-order valence-electron chi connectivity index (χ3n) is 3.20. The molecule has 3 heterocycles. The molecule has 0 saturated heterocycles. The largest absolute Gasteiger partial charge is 0.308 e. The van der Waals surface area contributed by atoms with Crippen molar-refractivity contribution in [1.29, 1.82) is 0 Å². The molecule has 0 saturated carbocycles. The average Bonchev–Trinajstić information content (AvgIpc) is 2.99. The smallest absolute Gasteiger partial charge is 0.235 e. The fourth-order valence-electron chi connectivity index (χ4n) is 2.18. The van der Waals surface area contributed by atoms with E-state index >= 15 is 0 Å². The number of hydrogen-bond acceptors (Lipinski definition) is 4. The fraction of sp³-hybridized carbons (Fsp3) is 0.286. The van der Waals surface area contributed by atoms with Gasteiger partial charge in [-0.2, -0.15) is 0 Å². The quantitative estimate of drug-likeness (QED) is 0.850. The van der Waals surface area contributed by atoms with Crippen LogP contribution in [0, 0.1) is 0 Å². The SMILES string of the molecule is CC(C(=O)N1CCSc2ncccc21)c1cccs1. The Morgan fingerprint density at radius 3 is 3.11 bits per heavy atom. The van der Waals surface area contributed by atoms with Crippen LogP contribution in [0.25, 0.3) is 0 Å². The van der Waals surface area contributed by atoms with E-state index in [9.17, 15) is 4.79 Å². The second-order valence-electron chi connectivity index (χ2n) is 4.40. The Bertz CT molecular complexity index is 583. The van der Waals surface area contributed by atoms with E-state index in [1.54, 1.807) is 29.3 Å². The highest BCUT2D eigenvalue weighted by Crippen LogP contribution is 2.34. The van der Waals surface area contributed by atoms with E-state index < -0.39 is 0 Å². The topological polar surface area (TPSA) is 33.2 Å². The van der Waals surface area contributed by atoms with Gasteiger partial charge in [0.05, 0.1) is 11.6 Å². The van der Waals surface area contributed by atoms with Crippen molar-refractivity contribution in [2.45, 2.75) is 17.9 Å². The summed E-state index contributed by atoms with van der Waals surface area (Å²) in [6, 6.07) is 7.88. The van der Waals surface area contributed by atoms with Crippen LogP contribution in [0.3, 0.4) is 0 Å². The molecule has 2 aromatic rings. The summed E-state index contributed by atoms with van der Waals surface area (Å²) in [6.07, 6.45) is 1.78. The summed E-state index contributed by atoms with van der Waals surface area (Å²) < 4.78 is 0. The van der Waals surface area contributed by atoms with Crippen LogP contribution in [0.1, 0.15) is 17.7 Å². The molecule has 0 aliphatic carbocycles. The maximum Gasteiger partial charge on any atom is 0.235 e. The maximum absolute atomic E-state index is 12.7. The molecule has 98 valence electrons. The predicted octanol–water partition coefficient (Wildman–Crippen LogP) is 3.39. The summed E-state index contributed by atoms with van der Waals surface area (Å²) in [5.74, 6) is 0.987. The lowest BCUT2D eigenvalue weighted by molar-refractivity contribution is -0.119. The molecule has 1 atom stereocenters. The van der Waals surface area contributed by atoms with E-state index in [1.807, 2.05) is 41.5 Å². The number of fused-ring (bicyclic) bond motifs is 1. The van der Waals surface area contributed by atoms with Crippen molar-refractivity contribution in [3.05, 3.63) is 40.7 Å². The average molecular weight is 290 g/mol. The molecule has 0 N–H and O–H groups in total. The number of nitrogens with zero attached hydrogens (tertiary/aromatic N) is 2. The van der Waals surface area contributed by atoms with E-state index in [1.165, 1.54) is 0 Å². The van der Waals surface area contributed by atoms with Gasteiger partial charge in [-0.25, -0.2) is 4.98 Å². The van der Waals surface area contributed by atoms with Gasteiger partial charge in [0, 0.05) is 23.4 Å². The lowest BCUT2D eigenvalue weighted by Gasteiger charge is -2.30. The fourth-order valence-corrected chi connectivity index (χ4v) is 3.88. The Balaban J connectivity index is 1.89. The van der Waals surface area contributed by atoms with Crippen LogP contribution in [0.2, 0.25) is 0 Å². The highest BCUT2D eigenvalue weighted by molar-refractivity contribution is 7.99. The number of amides is 1. The van der Waals surface area contributed by atoms with E-state index in [2.05, 4.69) is 4.98 Å². The Hall–Kier alpha value is -1.33. The molecule has 2 aromatic heterocycles. The first kappa shape index (κ1) is 12.7. The molecule has 1 aliphatic rings. The minimum absolute atomic E-state index is 0.0869. The number of rotatable bonds is 2. The van der Waals surface area contributed by atoms with Crippen molar-refractivity contribution in [2.75, 3.05) is 17.2 Å². The molecule has 0 aromatic carbocycles. The highest BCUT2D eigenvalue weighted by Gasteiger charge is 2.28. The number of aromatic nitrogens is 1. The Morgan fingerprint density at radius 1 is 1.42 bits per heavy atom. The number of carbonyl (C=O) groups excluding carboxylic acids is 1. The van der Waals surface area contributed by atoms with Gasteiger partial charge in [0.2, 0.25) is 5.91 Å². The minimum Gasteiger partial charge on any atom is -0.308 e. The van der Waals surface area contributed by atoms with E-state index in [0.717, 1.165) is 27.9 Å². The van der Waals surface area contributed by atoms with Gasteiger partial charge in [-0.05, 0) is 30.5 Å². The molecule has 3 rings (SSSR count). The second-order valence-corrected chi connectivity index (χ2v) is 6.47. The highest BCUT2D eigenvalue weighted by atomic mass is 32.2. The Labute approximate surface area is 120 Å². The van der Waals surface area contributed by atoms with Gasteiger partial charge in [-0.15, -0.1) is 23.1 Å². The van der Waals surface area contributed by atoms with Crippen LogP contribution in [0.15, 0.2) is 40.9 Å². The van der Waals surface area contributed by atoms with Gasteiger partial charge in [-0.3, -0.25) is 4.79 Å². The number of hydrogen-bond donors (Lipinski definition) is 0. The maximum atomic E-state index is 12.7. The summed E-state index contributed by atoms with van der Waals surface area (Å²) >= 11 is 3.35. The third-order valence-corrected chi connectivity index (χ3v) is 5.23. The number of thiophene rings is 1. The molecule has 5 heteroatoms. The monoisotopic (exact) mass is 290 g/mol. The summed E-state index contributed by atoms with van der Waals surface area (Å²) in [7, 11) is 0. The van der Waals surface area contributed by atoms with Crippen LogP contribution in [-0.4, -0.2) is 23.2 Å². The first-order valence-electron chi connectivity index (χ1n) is 6.20. The molecular weight excluding hydrogens is 276 g/mol. The number of anilines is 1. The molecular formula is C14H14N2OS2. The number of pyridine rings is 1. The van der Waals surface area contributed by atoms with Crippen molar-refractivity contribution < 1.29 is 4.79 Å². The zero-order chi connectivity index (χ0) is 13.2. The van der Waals surface area contributed by atoms with Crippen molar-refractivity contribution in [2.24, 2.45) is 0 Å². The van der Waals surface area contributed by atoms with Gasteiger partial charge in [0.15, 0.2) is 0 Å². The molecule has 1 amide bonds. The van der Waals surface area contributed by atoms with E-state index in [-0.39, 0.29) is 11.8 Å². The zero-order valence-corrected chi connectivity index (χ0v) is 12.2. The van der Waals surface area contributed by atoms with Crippen LogP contribution < -0.4 is 4.90 Å². The van der Waals surface area contributed by atoms with Crippen LogP contribution in [0.5, 0.6) is 0 Å². The van der Waals surface area contributed by atoms with Crippen LogP contribution in [0.4, 0.5) is 5.69 Å². The molecule has 0 spiro atoms. The lowest BCUT2D eigenvalue weighted by Crippen LogP contribution is -2.38. The summed E-state index contributed by atoms with van der Waals surface area (Å²) in [4.78, 5) is 20.0. The number of thioether (sulfide) groups is 1. The minimum atomic E-state index is -0.0869. The van der Waals surface area contributed by atoms with Gasteiger partial charge < -0.3 is 4.90 Å². The van der Waals surface area contributed by atoms with Crippen LogP contribution >= 0.6 is 23.1 Å². The normalized spacial score (nSPS) is 15.9. The predicted molar refractivity (Wildman–Crippen MR) is 80.0 cm³/mol. The zero-order valence-electron chi connectivity index (χ0n) is 10.6. The Kier molecular flexibility index (Phi) is 3.57. The summed E-state index contributed by atoms with van der Waals surface area (Å²) in [5, 5.41) is 2.97. The first-order valence-corrected chi connectivity index (χ1v) is 8.06. The van der Waals surface area contributed by atoms with Crippen molar-refractivity contribution in [1.82, 2.24) is 4.98 Å². The molecule has 0 bridgehead atoms. The van der Waals surface area contributed by atoms with Gasteiger partial charge in [-0.1, -0.05) is 6.07 Å². The molecule has 0 fully saturated rings.